The second-order valence-corrected chi connectivity index (χ2v) is 5.59. The molecular formula is C15H14BrNO2. The van der Waals surface area contributed by atoms with Gasteiger partial charge in [-0.25, -0.2) is 0 Å². The minimum absolute atomic E-state index is 0.342. The third kappa shape index (κ3) is 2.65. The fourth-order valence-electron chi connectivity index (χ4n) is 2.43. The second-order valence-electron chi connectivity index (χ2n) is 4.68. The molecule has 0 aliphatic heterocycles. The molecule has 1 aliphatic carbocycles. The van der Waals surface area contributed by atoms with Gasteiger partial charge < -0.3 is 9.84 Å². The molecule has 3 rings (SSSR count). The third-order valence-electron chi connectivity index (χ3n) is 3.35. The van der Waals surface area contributed by atoms with Gasteiger partial charge in [0, 0.05) is 28.0 Å². The van der Waals surface area contributed by atoms with Crippen LogP contribution >= 0.6 is 15.9 Å². The lowest BCUT2D eigenvalue weighted by atomic mass is 10.1. The van der Waals surface area contributed by atoms with Gasteiger partial charge in [-0.1, -0.05) is 12.1 Å². The number of rotatable bonds is 3. The molecule has 1 heterocycles. The fourth-order valence-corrected chi connectivity index (χ4v) is 2.84. The monoisotopic (exact) mass is 319 g/mol. The number of nitrogens with zero attached hydrogens (tertiary/aromatic N) is 1. The van der Waals surface area contributed by atoms with Crippen molar-refractivity contribution in [3.05, 3.63) is 57.8 Å². The van der Waals surface area contributed by atoms with Crippen LogP contribution in [0.4, 0.5) is 0 Å². The van der Waals surface area contributed by atoms with Crippen molar-refractivity contribution in [1.82, 2.24) is 4.98 Å². The molecule has 19 heavy (non-hydrogen) atoms. The molecule has 1 atom stereocenters. The number of benzene rings is 1. The van der Waals surface area contributed by atoms with Crippen LogP contribution in [0.15, 0.2) is 41.1 Å². The zero-order valence-corrected chi connectivity index (χ0v) is 11.9. The lowest BCUT2D eigenvalue weighted by Crippen LogP contribution is -1.99. The Hall–Kier alpha value is -1.39. The van der Waals surface area contributed by atoms with Gasteiger partial charge >= 0.3 is 0 Å². The van der Waals surface area contributed by atoms with E-state index in [1.165, 1.54) is 0 Å². The second kappa shape index (κ2) is 5.31. The largest absolute Gasteiger partial charge is 0.489 e. The molecule has 0 bridgehead atoms. The van der Waals surface area contributed by atoms with Crippen molar-refractivity contribution in [2.45, 2.75) is 25.6 Å². The summed E-state index contributed by atoms with van der Waals surface area (Å²) in [7, 11) is 0. The van der Waals surface area contributed by atoms with Crippen LogP contribution in [-0.4, -0.2) is 10.1 Å². The summed E-state index contributed by atoms with van der Waals surface area (Å²) < 4.78 is 6.81. The van der Waals surface area contributed by atoms with Crippen molar-refractivity contribution in [3.63, 3.8) is 0 Å². The molecule has 3 nitrogen and oxygen atoms in total. The van der Waals surface area contributed by atoms with Crippen LogP contribution in [0, 0.1) is 0 Å². The van der Waals surface area contributed by atoms with Gasteiger partial charge in [-0.15, -0.1) is 0 Å². The number of aromatic nitrogens is 1. The van der Waals surface area contributed by atoms with Gasteiger partial charge in [0.25, 0.3) is 0 Å². The quantitative estimate of drug-likeness (QED) is 0.942. The van der Waals surface area contributed by atoms with E-state index >= 15 is 0 Å². The molecule has 0 fully saturated rings. The van der Waals surface area contributed by atoms with Gasteiger partial charge in [-0.05, 0) is 46.5 Å². The van der Waals surface area contributed by atoms with Gasteiger partial charge in [-0.3, -0.25) is 4.98 Å². The van der Waals surface area contributed by atoms with Crippen LogP contribution < -0.4 is 4.74 Å². The summed E-state index contributed by atoms with van der Waals surface area (Å²) in [6.45, 7) is 0.485. The number of aliphatic hydroxyl groups is 1. The highest BCUT2D eigenvalue weighted by molar-refractivity contribution is 9.10. The van der Waals surface area contributed by atoms with Crippen LogP contribution in [0.3, 0.4) is 0 Å². The zero-order chi connectivity index (χ0) is 13.2. The molecule has 1 aliphatic rings. The van der Waals surface area contributed by atoms with Crippen LogP contribution in [0.2, 0.25) is 0 Å². The predicted octanol–water partition coefficient (Wildman–Crippen LogP) is 3.40. The highest BCUT2D eigenvalue weighted by atomic mass is 79.9. The van der Waals surface area contributed by atoms with Crippen LogP contribution in [-0.2, 0) is 13.0 Å². The molecule has 0 spiro atoms. The first-order valence-corrected chi connectivity index (χ1v) is 7.05. The summed E-state index contributed by atoms with van der Waals surface area (Å²) in [5.74, 6) is 0.869. The first kappa shape index (κ1) is 12.6. The number of hydrogen-bond acceptors (Lipinski definition) is 3. The van der Waals surface area contributed by atoms with E-state index in [1.54, 1.807) is 12.4 Å². The maximum absolute atomic E-state index is 9.86. The molecular weight excluding hydrogens is 306 g/mol. The Morgan fingerprint density at radius 2 is 2.26 bits per heavy atom. The summed E-state index contributed by atoms with van der Waals surface area (Å²) in [6.07, 6.45) is 4.87. The Bertz CT molecular complexity index is 600. The standard InChI is InChI=1S/C15H14BrNO2/c16-11-6-10(7-17-8-11)9-19-15-3-1-2-12-13(15)4-5-14(12)18/h1-3,6-8,14,18H,4-5,9H2. The summed E-state index contributed by atoms with van der Waals surface area (Å²) in [5.41, 5.74) is 3.16. The minimum Gasteiger partial charge on any atom is -0.489 e. The smallest absolute Gasteiger partial charge is 0.123 e. The van der Waals surface area contributed by atoms with Gasteiger partial charge in [0.15, 0.2) is 0 Å². The van der Waals surface area contributed by atoms with Gasteiger partial charge in [-0.2, -0.15) is 0 Å². The normalized spacial score (nSPS) is 17.3. The highest BCUT2D eigenvalue weighted by Gasteiger charge is 2.23. The maximum Gasteiger partial charge on any atom is 0.123 e. The van der Waals surface area contributed by atoms with E-state index in [-0.39, 0.29) is 6.10 Å². The highest BCUT2D eigenvalue weighted by Crippen LogP contribution is 2.36. The maximum atomic E-state index is 9.86. The topological polar surface area (TPSA) is 42.4 Å². The van der Waals surface area contributed by atoms with E-state index in [9.17, 15) is 5.11 Å². The van der Waals surface area contributed by atoms with Gasteiger partial charge in [0.1, 0.15) is 12.4 Å². The lowest BCUT2D eigenvalue weighted by Gasteiger charge is -2.11. The molecule has 0 saturated heterocycles. The molecule has 0 radical (unpaired) electrons. The first-order valence-electron chi connectivity index (χ1n) is 6.26. The van der Waals surface area contributed by atoms with E-state index in [0.717, 1.165) is 39.8 Å². The molecule has 4 heteroatoms. The molecule has 0 saturated carbocycles. The third-order valence-corrected chi connectivity index (χ3v) is 3.79. The van der Waals surface area contributed by atoms with Gasteiger partial charge in [0.05, 0.1) is 6.10 Å². The summed E-state index contributed by atoms with van der Waals surface area (Å²) in [4.78, 5) is 4.11. The average Bonchev–Trinajstić information content (AvgIpc) is 2.79. The number of fused-ring (bicyclic) bond motifs is 1. The van der Waals surface area contributed by atoms with Crippen molar-refractivity contribution < 1.29 is 9.84 Å². The van der Waals surface area contributed by atoms with Crippen molar-refractivity contribution in [2.75, 3.05) is 0 Å². The van der Waals surface area contributed by atoms with Crippen molar-refractivity contribution in [3.8, 4) is 5.75 Å². The van der Waals surface area contributed by atoms with Gasteiger partial charge in [0.2, 0.25) is 0 Å². The molecule has 98 valence electrons. The number of hydrogen-bond donors (Lipinski definition) is 1. The molecule has 1 N–H and O–H groups in total. The summed E-state index contributed by atoms with van der Waals surface area (Å²) >= 11 is 3.39. The molecule has 1 unspecified atom stereocenters. The summed E-state index contributed by atoms with van der Waals surface area (Å²) in [5, 5.41) is 9.86. The average molecular weight is 320 g/mol. The fraction of sp³-hybridized carbons (Fsp3) is 0.267. The molecule has 1 aromatic carbocycles. The summed E-state index contributed by atoms with van der Waals surface area (Å²) in [6, 6.07) is 7.86. The molecule has 1 aromatic heterocycles. The number of pyridine rings is 1. The van der Waals surface area contributed by atoms with Crippen LogP contribution in [0.1, 0.15) is 29.2 Å². The predicted molar refractivity (Wildman–Crippen MR) is 76.0 cm³/mol. The van der Waals surface area contributed by atoms with E-state index < -0.39 is 0 Å². The van der Waals surface area contributed by atoms with Crippen LogP contribution in [0.5, 0.6) is 5.75 Å². The Labute approximate surface area is 120 Å². The SMILES string of the molecule is OC1CCc2c(OCc3cncc(Br)c3)cccc21. The number of aliphatic hydroxyl groups excluding tert-OH is 1. The van der Waals surface area contributed by atoms with E-state index in [0.29, 0.717) is 6.61 Å². The lowest BCUT2D eigenvalue weighted by molar-refractivity contribution is 0.180. The van der Waals surface area contributed by atoms with E-state index in [4.69, 9.17) is 4.74 Å². The zero-order valence-electron chi connectivity index (χ0n) is 10.3. The first-order chi connectivity index (χ1) is 9.24. The van der Waals surface area contributed by atoms with Crippen molar-refractivity contribution in [2.24, 2.45) is 0 Å². The van der Waals surface area contributed by atoms with Crippen LogP contribution in [0.25, 0.3) is 0 Å². The number of ether oxygens (including phenoxy) is 1. The molecule has 0 amide bonds. The van der Waals surface area contributed by atoms with E-state index in [2.05, 4.69) is 20.9 Å². The Morgan fingerprint density at radius 3 is 3.11 bits per heavy atom. The van der Waals surface area contributed by atoms with E-state index in [1.807, 2.05) is 24.3 Å². The Morgan fingerprint density at radius 1 is 1.37 bits per heavy atom. The minimum atomic E-state index is -0.342. The molecule has 2 aromatic rings. The van der Waals surface area contributed by atoms with Crippen molar-refractivity contribution in [1.29, 1.82) is 0 Å². The Kier molecular flexibility index (Phi) is 3.53. The Balaban J connectivity index is 1.78. The van der Waals surface area contributed by atoms with Crippen molar-refractivity contribution >= 4 is 15.9 Å². The number of halogens is 1.